The van der Waals surface area contributed by atoms with E-state index in [4.69, 9.17) is 4.74 Å². The zero-order valence-corrected chi connectivity index (χ0v) is 25.0. The molecule has 0 heterocycles. The number of nitrogens with one attached hydrogen (secondary N) is 1. The Kier molecular flexibility index (Phi) is 23.5. The number of carbonyl (C=O) groups is 3. The molecule has 12 heteroatoms. The van der Waals surface area contributed by atoms with Crippen molar-refractivity contribution in [3.63, 3.8) is 0 Å². The second kappa shape index (κ2) is 24.7. The number of carboxylic acid groups (broad SMARTS) is 1. The highest BCUT2D eigenvalue weighted by molar-refractivity contribution is 7.47. The van der Waals surface area contributed by atoms with E-state index in [-0.39, 0.29) is 12.8 Å². The number of aliphatic hydroxyl groups is 1. The molecule has 0 aromatic carbocycles. The molecule has 0 aromatic heterocycles. The van der Waals surface area contributed by atoms with Gasteiger partial charge in [0, 0.05) is 12.8 Å². The maximum absolute atomic E-state index is 12.0. The van der Waals surface area contributed by atoms with E-state index < -0.39 is 57.6 Å². The Morgan fingerprint density at radius 3 is 2.10 bits per heavy atom. The summed E-state index contributed by atoms with van der Waals surface area (Å²) in [4.78, 5) is 44.7. The molecule has 3 atom stereocenters. The van der Waals surface area contributed by atoms with Crippen molar-refractivity contribution in [3.05, 3.63) is 24.3 Å². The molecule has 0 saturated carbocycles. The number of hydrogen-bond acceptors (Lipinski definition) is 8. The predicted octanol–water partition coefficient (Wildman–Crippen LogP) is 5.21. The van der Waals surface area contributed by atoms with Gasteiger partial charge in [0.15, 0.2) is 6.04 Å². The van der Waals surface area contributed by atoms with Gasteiger partial charge >= 0.3 is 19.8 Å². The molecule has 0 saturated heterocycles. The maximum atomic E-state index is 12.0. The molecule has 3 unspecified atom stereocenters. The summed E-state index contributed by atoms with van der Waals surface area (Å²) in [5, 5.41) is 21.3. The molecular weight excluding hydrogens is 541 g/mol. The summed E-state index contributed by atoms with van der Waals surface area (Å²) in [6.45, 7) is 2.22. The first-order valence-corrected chi connectivity index (χ1v) is 15.9. The van der Waals surface area contributed by atoms with Crippen LogP contribution in [0.15, 0.2) is 24.3 Å². The first kappa shape index (κ1) is 38.0. The van der Waals surface area contributed by atoms with Gasteiger partial charge < -0.3 is 25.2 Å². The zero-order valence-electron chi connectivity index (χ0n) is 24.1. The average molecular weight is 592 g/mol. The highest BCUT2D eigenvalue weighted by atomic mass is 31.2. The van der Waals surface area contributed by atoms with Crippen LogP contribution in [0, 0.1) is 0 Å². The molecule has 0 spiro atoms. The summed E-state index contributed by atoms with van der Waals surface area (Å²) in [6, 6.07) is -1.54. The highest BCUT2D eigenvalue weighted by Gasteiger charge is 2.28. The van der Waals surface area contributed by atoms with Crippen LogP contribution >= 0.6 is 7.82 Å². The number of aliphatic hydroxyl groups excluding tert-OH is 1. The van der Waals surface area contributed by atoms with Gasteiger partial charge in [-0.05, 0) is 38.5 Å². The molecule has 0 aliphatic heterocycles. The van der Waals surface area contributed by atoms with E-state index in [2.05, 4.69) is 45.6 Å². The normalized spacial score (nSPS) is 14.7. The minimum absolute atomic E-state index is 0.130. The fourth-order valence-electron chi connectivity index (χ4n) is 3.41. The lowest BCUT2D eigenvalue weighted by molar-refractivity contribution is -0.147. The van der Waals surface area contributed by atoms with Gasteiger partial charge in [-0.1, -0.05) is 76.7 Å². The van der Waals surface area contributed by atoms with Crippen molar-refractivity contribution in [2.24, 2.45) is 0 Å². The number of ether oxygens (including phenoxy) is 1. The Bertz CT molecular complexity index is 802. The number of allylic oxidation sites excluding steroid dienone is 4. The Morgan fingerprint density at radius 2 is 1.43 bits per heavy atom. The summed E-state index contributed by atoms with van der Waals surface area (Å²) < 4.78 is 26.3. The van der Waals surface area contributed by atoms with Gasteiger partial charge in [-0.2, -0.15) is 0 Å². The van der Waals surface area contributed by atoms with Gasteiger partial charge in [0.1, 0.15) is 12.7 Å². The van der Waals surface area contributed by atoms with Crippen LogP contribution in [-0.4, -0.2) is 64.9 Å². The average Bonchev–Trinajstić information content (AvgIpc) is 2.91. The van der Waals surface area contributed by atoms with Crippen LogP contribution in [0.4, 0.5) is 0 Å². The minimum Gasteiger partial charge on any atom is -0.480 e. The van der Waals surface area contributed by atoms with E-state index in [0.717, 1.165) is 57.8 Å². The largest absolute Gasteiger partial charge is 0.480 e. The van der Waals surface area contributed by atoms with E-state index in [1.807, 2.05) is 6.92 Å². The van der Waals surface area contributed by atoms with E-state index in [1.165, 1.54) is 6.42 Å². The van der Waals surface area contributed by atoms with Crippen molar-refractivity contribution in [2.45, 2.75) is 116 Å². The summed E-state index contributed by atoms with van der Waals surface area (Å²) in [7, 11) is -4.72. The first-order valence-electron chi connectivity index (χ1n) is 14.4. The fourth-order valence-corrected chi connectivity index (χ4v) is 4.18. The lowest BCUT2D eigenvalue weighted by Crippen LogP contribution is -2.43. The number of carbonyl (C=O) groups excluding carboxylic acids is 2. The topological polar surface area (TPSA) is 169 Å². The smallest absolute Gasteiger partial charge is 0.472 e. The third-order valence-corrected chi connectivity index (χ3v) is 6.68. The van der Waals surface area contributed by atoms with E-state index in [1.54, 1.807) is 0 Å². The summed E-state index contributed by atoms with van der Waals surface area (Å²) in [6.07, 6.45) is 19.1. The van der Waals surface area contributed by atoms with Gasteiger partial charge in [0.05, 0.1) is 13.2 Å². The fraction of sp³-hybridized carbons (Fsp3) is 0.750. The summed E-state index contributed by atoms with van der Waals surface area (Å²) in [5.41, 5.74) is 0. The van der Waals surface area contributed by atoms with Crippen molar-refractivity contribution < 1.29 is 47.8 Å². The first-order chi connectivity index (χ1) is 19.1. The molecule has 0 rings (SSSR count). The number of rotatable bonds is 26. The number of aliphatic carboxylic acids is 1. The lowest BCUT2D eigenvalue weighted by Gasteiger charge is -2.18. The Balaban J connectivity index is 3.99. The number of esters is 1. The predicted molar refractivity (Wildman–Crippen MR) is 153 cm³/mol. The lowest BCUT2D eigenvalue weighted by atomic mass is 10.1. The molecule has 1 amide bonds. The molecule has 0 bridgehead atoms. The van der Waals surface area contributed by atoms with E-state index >= 15 is 0 Å². The van der Waals surface area contributed by atoms with Crippen LogP contribution < -0.4 is 5.32 Å². The molecule has 232 valence electrons. The van der Waals surface area contributed by atoms with Crippen LogP contribution in [-0.2, 0) is 32.7 Å². The SMILES string of the molecule is CCC/C=C\C/C=C\CCCCCCCC(=O)OCC(O)COP(=O)(O)OCC(NC(=O)CCCCC)C(=O)O. The van der Waals surface area contributed by atoms with Crippen molar-refractivity contribution in [1.82, 2.24) is 5.32 Å². The van der Waals surface area contributed by atoms with Crippen LogP contribution in [0.5, 0.6) is 0 Å². The number of amides is 1. The number of hydrogen-bond donors (Lipinski definition) is 4. The van der Waals surface area contributed by atoms with Crippen LogP contribution in [0.2, 0.25) is 0 Å². The summed E-state index contributed by atoms with van der Waals surface area (Å²) in [5.74, 6) is -2.43. The van der Waals surface area contributed by atoms with Gasteiger partial charge in [-0.3, -0.25) is 18.6 Å². The maximum Gasteiger partial charge on any atom is 0.472 e. The molecule has 0 fully saturated rings. The van der Waals surface area contributed by atoms with Gasteiger partial charge in [0.25, 0.3) is 0 Å². The molecule has 40 heavy (non-hydrogen) atoms. The third kappa shape index (κ3) is 23.8. The molecule has 4 N–H and O–H groups in total. The molecule has 0 radical (unpaired) electrons. The number of carboxylic acids is 1. The second-order valence-corrected chi connectivity index (χ2v) is 11.0. The Labute approximate surface area is 239 Å². The van der Waals surface area contributed by atoms with Crippen LogP contribution in [0.1, 0.15) is 104 Å². The van der Waals surface area contributed by atoms with Crippen molar-refractivity contribution in [3.8, 4) is 0 Å². The number of phosphoric ester groups is 1. The standard InChI is InChI=1S/C28H50NO10P/c1-3-5-7-8-9-10-11-12-13-14-15-16-18-20-27(32)37-21-24(30)22-38-40(35,36)39-23-25(28(33)34)29-26(31)19-17-6-4-2/h7-8,10-11,24-25,30H,3-6,9,12-23H2,1-2H3,(H,29,31)(H,33,34)(H,35,36)/b8-7-,11-10-. The van der Waals surface area contributed by atoms with Gasteiger partial charge in [-0.15, -0.1) is 0 Å². The molecule has 11 nitrogen and oxygen atoms in total. The Hall–Kier alpha value is -2.04. The highest BCUT2D eigenvalue weighted by Crippen LogP contribution is 2.43. The van der Waals surface area contributed by atoms with Crippen molar-refractivity contribution in [1.29, 1.82) is 0 Å². The van der Waals surface area contributed by atoms with E-state index in [9.17, 15) is 34.1 Å². The van der Waals surface area contributed by atoms with Crippen LogP contribution in [0.3, 0.4) is 0 Å². The quantitative estimate of drug-likeness (QED) is 0.0453. The van der Waals surface area contributed by atoms with Crippen LogP contribution in [0.25, 0.3) is 0 Å². The molecular formula is C28H50NO10P. The number of phosphoric acid groups is 1. The monoisotopic (exact) mass is 591 g/mol. The summed E-state index contributed by atoms with van der Waals surface area (Å²) >= 11 is 0. The van der Waals surface area contributed by atoms with Gasteiger partial charge in [0.2, 0.25) is 5.91 Å². The zero-order chi connectivity index (χ0) is 30.1. The van der Waals surface area contributed by atoms with Crippen molar-refractivity contribution >= 4 is 25.7 Å². The second-order valence-electron chi connectivity index (χ2n) is 9.59. The number of unbranched alkanes of at least 4 members (excludes halogenated alkanes) is 8. The van der Waals surface area contributed by atoms with Crippen molar-refractivity contribution in [2.75, 3.05) is 19.8 Å². The van der Waals surface area contributed by atoms with E-state index in [0.29, 0.717) is 12.8 Å². The Morgan fingerprint density at radius 1 is 0.800 bits per heavy atom. The molecule has 0 aromatic rings. The third-order valence-electron chi connectivity index (χ3n) is 5.72. The van der Waals surface area contributed by atoms with Gasteiger partial charge in [-0.25, -0.2) is 9.36 Å². The molecule has 0 aliphatic rings. The minimum atomic E-state index is -4.72. The molecule has 0 aliphatic carbocycles.